The van der Waals surface area contributed by atoms with Gasteiger partial charge in [-0.05, 0) is 67.2 Å². The molecule has 1 aromatic carbocycles. The molecule has 2 N–H and O–H groups in total. The Bertz CT molecular complexity index is 1240. The summed E-state index contributed by atoms with van der Waals surface area (Å²) >= 11 is 0. The molecule has 10 nitrogen and oxygen atoms in total. The van der Waals surface area contributed by atoms with Crippen LogP contribution in [0.5, 0.6) is 0 Å². The molecule has 1 atom stereocenters. The first-order valence-corrected chi connectivity index (χ1v) is 13.2. The molecule has 0 bridgehead atoms. The van der Waals surface area contributed by atoms with E-state index in [0.717, 1.165) is 55.3 Å². The van der Waals surface area contributed by atoms with Gasteiger partial charge in [-0.15, -0.1) is 0 Å². The number of nitrogens with zero attached hydrogens (tertiary/aromatic N) is 4. The molecule has 1 unspecified atom stereocenters. The molecule has 2 aromatic rings. The molecule has 1 saturated heterocycles. The Hall–Kier alpha value is -2.08. The molecule has 5 rings (SSSR count). The average Bonchev–Trinajstić information content (AvgIpc) is 3.51. The number of carbonyl (C=O) groups is 2. The third-order valence-electron chi connectivity index (χ3n) is 7.07. The van der Waals surface area contributed by atoms with Gasteiger partial charge in [0, 0.05) is 38.9 Å². The molecule has 2 heterocycles. The number of benzene rings is 1. The molecular formula is C23H31N6NaO4S. The van der Waals surface area contributed by atoms with E-state index in [1.165, 1.54) is 31.2 Å². The molecule has 35 heavy (non-hydrogen) atoms. The van der Waals surface area contributed by atoms with Gasteiger partial charge in [-0.3, -0.25) is 9.48 Å². The summed E-state index contributed by atoms with van der Waals surface area (Å²) in [4.78, 5) is 26.6. The summed E-state index contributed by atoms with van der Waals surface area (Å²) in [6, 6.07) is 0.973. The number of likely N-dealkylation sites (tertiary alicyclic amines) is 1. The molecule has 0 saturated carbocycles. The van der Waals surface area contributed by atoms with Crippen LogP contribution in [0.1, 0.15) is 49.4 Å². The minimum Gasteiger partial charge on any atom is -1.00 e. The van der Waals surface area contributed by atoms with E-state index in [1.54, 1.807) is 20.3 Å². The van der Waals surface area contributed by atoms with Gasteiger partial charge in [0.2, 0.25) is 5.91 Å². The van der Waals surface area contributed by atoms with Gasteiger partial charge < -0.3 is 11.6 Å². The fraction of sp³-hybridized carbons (Fsp3) is 0.522. The molecule has 12 heteroatoms. The molecule has 3 amide bonds. The van der Waals surface area contributed by atoms with Crippen molar-refractivity contribution in [3.63, 3.8) is 0 Å². The SMILES string of the molecule is CN1CC(N(c2cnn(C)c2)S(=O)(=O)NC(=O)Nc2c3c(cc4c2CCC4)CCC3)CCC1=O.[H-].[Na+]. The number of carbonyl (C=O) groups excluding carboxylic acids is 2. The maximum absolute atomic E-state index is 13.5. The number of anilines is 2. The zero-order valence-corrected chi connectivity index (χ0v) is 23.3. The Morgan fingerprint density at radius 2 is 1.77 bits per heavy atom. The standard InChI is InChI=1S/C23H30N6O4S.Na.H/c1-27-13-17(9-10-21(27)30)29(18-12-24-28(2)14-18)34(32,33)26-23(31)25-22-19-7-3-5-15(19)11-16-6-4-8-20(16)22;;/h11-12,14,17H,3-10,13H2,1-2H3,(H2,25,26,31);;/q;+1;-1. The molecule has 0 radical (unpaired) electrons. The van der Waals surface area contributed by atoms with Gasteiger partial charge in [0.25, 0.3) is 0 Å². The number of likely N-dealkylation sites (N-methyl/N-ethyl adjacent to an activating group) is 1. The number of nitrogens with one attached hydrogen (secondary N) is 2. The smallest absolute Gasteiger partial charge is 1.00 e. The summed E-state index contributed by atoms with van der Waals surface area (Å²) in [5.41, 5.74) is 5.90. The number of fused-ring (bicyclic) bond motifs is 2. The van der Waals surface area contributed by atoms with Crippen molar-refractivity contribution in [2.75, 3.05) is 23.2 Å². The van der Waals surface area contributed by atoms with Crippen molar-refractivity contribution in [3.05, 3.63) is 40.7 Å². The number of urea groups is 1. The van der Waals surface area contributed by atoms with Crippen LogP contribution in [0.3, 0.4) is 0 Å². The van der Waals surface area contributed by atoms with Crippen LogP contribution in [0, 0.1) is 0 Å². The monoisotopic (exact) mass is 510 g/mol. The Morgan fingerprint density at radius 1 is 1.11 bits per heavy atom. The predicted octanol–water partition coefficient (Wildman–Crippen LogP) is -0.992. The Labute approximate surface area is 229 Å². The van der Waals surface area contributed by atoms with Gasteiger partial charge in [0.15, 0.2) is 0 Å². The number of amides is 3. The number of aryl methyl sites for hydroxylation is 3. The van der Waals surface area contributed by atoms with Crippen molar-refractivity contribution >= 4 is 33.5 Å². The fourth-order valence-corrected chi connectivity index (χ4v) is 6.84. The second kappa shape index (κ2) is 10.1. The van der Waals surface area contributed by atoms with Crippen molar-refractivity contribution < 1.29 is 49.0 Å². The maximum atomic E-state index is 13.5. The van der Waals surface area contributed by atoms with Crippen LogP contribution < -0.4 is 43.9 Å². The Morgan fingerprint density at radius 3 is 2.34 bits per heavy atom. The van der Waals surface area contributed by atoms with E-state index in [-0.39, 0.29) is 49.9 Å². The minimum absolute atomic E-state index is 0. The molecule has 3 aliphatic rings. The van der Waals surface area contributed by atoms with Crippen LogP contribution in [0.2, 0.25) is 0 Å². The van der Waals surface area contributed by atoms with Gasteiger partial charge in [-0.1, -0.05) is 6.07 Å². The largest absolute Gasteiger partial charge is 1.00 e. The zero-order chi connectivity index (χ0) is 24.0. The van der Waals surface area contributed by atoms with Crippen LogP contribution >= 0.6 is 0 Å². The predicted molar refractivity (Wildman–Crippen MR) is 129 cm³/mol. The second-order valence-electron chi connectivity index (χ2n) is 9.43. The van der Waals surface area contributed by atoms with Crippen molar-refractivity contribution in [2.45, 2.75) is 57.4 Å². The van der Waals surface area contributed by atoms with Crippen LogP contribution in [0.15, 0.2) is 18.5 Å². The molecular weight excluding hydrogens is 479 g/mol. The van der Waals surface area contributed by atoms with E-state index in [2.05, 4.69) is 21.2 Å². The Kier molecular flexibility index (Phi) is 7.51. The number of rotatable bonds is 5. The van der Waals surface area contributed by atoms with E-state index in [9.17, 15) is 18.0 Å². The summed E-state index contributed by atoms with van der Waals surface area (Å²) in [5, 5.41) is 6.99. The van der Waals surface area contributed by atoms with Crippen LogP contribution in [0.25, 0.3) is 0 Å². The second-order valence-corrected chi connectivity index (χ2v) is 11.0. The van der Waals surface area contributed by atoms with Crippen LogP contribution in [-0.4, -0.2) is 54.7 Å². The number of aromatic nitrogens is 2. The van der Waals surface area contributed by atoms with Crippen molar-refractivity contribution in [1.82, 2.24) is 19.4 Å². The van der Waals surface area contributed by atoms with Gasteiger partial charge in [-0.2, -0.15) is 13.5 Å². The minimum atomic E-state index is -4.27. The normalized spacial score (nSPS) is 19.1. The number of hydrogen-bond acceptors (Lipinski definition) is 5. The van der Waals surface area contributed by atoms with Gasteiger partial charge in [0.1, 0.15) is 0 Å². The number of hydrogen-bond donors (Lipinski definition) is 2. The van der Waals surface area contributed by atoms with Crippen molar-refractivity contribution in [2.24, 2.45) is 7.05 Å². The van der Waals surface area contributed by atoms with E-state index >= 15 is 0 Å². The summed E-state index contributed by atoms with van der Waals surface area (Å²) in [6.07, 6.45) is 9.45. The van der Waals surface area contributed by atoms with Gasteiger partial charge >= 0.3 is 45.8 Å². The summed E-state index contributed by atoms with van der Waals surface area (Å²) in [5.74, 6) is -0.0303. The first kappa shape index (κ1) is 26.0. The van der Waals surface area contributed by atoms with Crippen molar-refractivity contribution in [1.29, 1.82) is 0 Å². The first-order chi connectivity index (χ1) is 16.2. The summed E-state index contributed by atoms with van der Waals surface area (Å²) < 4.78 is 31.9. The Balaban J connectivity index is 0.00000180. The van der Waals surface area contributed by atoms with E-state index in [0.29, 0.717) is 12.1 Å². The average molecular weight is 511 g/mol. The maximum Gasteiger partial charge on any atom is 1.00 e. The first-order valence-electron chi connectivity index (χ1n) is 11.7. The van der Waals surface area contributed by atoms with Gasteiger partial charge in [0.05, 0.1) is 17.9 Å². The molecule has 2 aliphatic carbocycles. The molecule has 1 aliphatic heterocycles. The van der Waals surface area contributed by atoms with Crippen molar-refractivity contribution in [3.8, 4) is 0 Å². The van der Waals surface area contributed by atoms with Crippen LogP contribution in [0.4, 0.5) is 16.2 Å². The number of piperidine rings is 1. The summed E-state index contributed by atoms with van der Waals surface area (Å²) in [6.45, 7) is 0.232. The van der Waals surface area contributed by atoms with Gasteiger partial charge in [-0.25, -0.2) is 13.8 Å². The molecule has 1 aromatic heterocycles. The molecule has 1 fully saturated rings. The topological polar surface area (TPSA) is 117 Å². The third kappa shape index (κ3) is 5.09. The summed E-state index contributed by atoms with van der Waals surface area (Å²) in [7, 11) is -0.922. The van der Waals surface area contributed by atoms with E-state index in [4.69, 9.17) is 0 Å². The van der Waals surface area contributed by atoms with Crippen LogP contribution in [-0.2, 0) is 47.7 Å². The zero-order valence-electron chi connectivity index (χ0n) is 21.5. The molecule has 184 valence electrons. The third-order valence-corrected chi connectivity index (χ3v) is 8.54. The fourth-order valence-electron chi connectivity index (χ4n) is 5.52. The van der Waals surface area contributed by atoms with E-state index < -0.39 is 22.3 Å². The quantitative estimate of drug-likeness (QED) is 0.501. The molecule has 0 spiro atoms. The van der Waals surface area contributed by atoms with E-state index in [1.807, 2.05) is 0 Å².